The maximum absolute atomic E-state index is 13.0. The highest BCUT2D eigenvalue weighted by atomic mass is 32.2. The van der Waals surface area contributed by atoms with Crippen molar-refractivity contribution in [2.75, 3.05) is 0 Å². The third-order valence-electron chi connectivity index (χ3n) is 3.66. The Morgan fingerprint density at radius 3 is 2.12 bits per heavy atom. The average Bonchev–Trinajstić information content (AvgIpc) is 2.62. The summed E-state index contributed by atoms with van der Waals surface area (Å²) in [6, 6.07) is 16.8. The van der Waals surface area contributed by atoms with E-state index in [0.29, 0.717) is 11.0 Å². The molecule has 2 aromatic carbocycles. The van der Waals surface area contributed by atoms with E-state index < -0.39 is 15.1 Å². The van der Waals surface area contributed by atoms with E-state index in [0.717, 1.165) is 0 Å². The molecule has 0 aliphatic heterocycles. The van der Waals surface area contributed by atoms with Crippen LogP contribution in [0.4, 0.5) is 0 Å². The molecule has 0 N–H and O–H groups in total. The molecule has 0 saturated heterocycles. The number of ether oxygens (including phenoxy) is 1. The van der Waals surface area contributed by atoms with Gasteiger partial charge in [-0.15, -0.1) is 0 Å². The van der Waals surface area contributed by atoms with Gasteiger partial charge in [-0.1, -0.05) is 30.3 Å². The molecule has 0 bridgehead atoms. The molecule has 0 fully saturated rings. The fourth-order valence-electron chi connectivity index (χ4n) is 2.50. The first-order valence-corrected chi connectivity index (χ1v) is 9.60. The highest BCUT2D eigenvalue weighted by Gasteiger charge is 2.34. The van der Waals surface area contributed by atoms with Crippen molar-refractivity contribution in [3.63, 3.8) is 0 Å². The monoisotopic (exact) mass is 367 g/mol. The molecule has 1 atom stereocenters. The van der Waals surface area contributed by atoms with Crippen molar-refractivity contribution in [2.24, 2.45) is 0 Å². The quantitative estimate of drug-likeness (QED) is 0.686. The van der Waals surface area contributed by atoms with Crippen LogP contribution in [0.2, 0.25) is 0 Å². The molecule has 0 saturated carbocycles. The van der Waals surface area contributed by atoms with Crippen LogP contribution in [0.3, 0.4) is 0 Å². The van der Waals surface area contributed by atoms with Gasteiger partial charge in [-0.05, 0) is 38.1 Å². The minimum Gasteiger partial charge on any atom is -0.474 e. The molecule has 1 heterocycles. The first-order valence-electron chi connectivity index (χ1n) is 8.05. The molecule has 3 rings (SSSR count). The zero-order chi connectivity index (χ0) is 18.7. The summed E-state index contributed by atoms with van der Waals surface area (Å²) in [6.07, 6.45) is -0.247. The van der Waals surface area contributed by atoms with Crippen molar-refractivity contribution in [2.45, 2.75) is 30.1 Å². The van der Waals surface area contributed by atoms with Gasteiger partial charge in [0.15, 0.2) is 5.25 Å². The summed E-state index contributed by atoms with van der Waals surface area (Å²) in [7, 11) is -3.97. The van der Waals surface area contributed by atoms with Gasteiger partial charge in [0.1, 0.15) is 5.69 Å². The Labute approximate surface area is 152 Å². The van der Waals surface area contributed by atoms with Gasteiger partial charge in [0.25, 0.3) is 0 Å². The van der Waals surface area contributed by atoms with Crippen molar-refractivity contribution in [3.05, 3.63) is 60.3 Å². The van der Waals surface area contributed by atoms with Crippen LogP contribution in [0, 0.1) is 11.3 Å². The Morgan fingerprint density at radius 2 is 1.54 bits per heavy atom. The predicted molar refractivity (Wildman–Crippen MR) is 97.3 cm³/mol. The van der Waals surface area contributed by atoms with Crippen molar-refractivity contribution in [3.8, 4) is 11.9 Å². The minimum atomic E-state index is -3.97. The lowest BCUT2D eigenvalue weighted by Crippen LogP contribution is -2.18. The summed E-state index contributed by atoms with van der Waals surface area (Å²) in [6.45, 7) is 3.60. The van der Waals surface area contributed by atoms with Crippen LogP contribution in [0.5, 0.6) is 5.88 Å². The van der Waals surface area contributed by atoms with Crippen LogP contribution in [0.1, 0.15) is 24.8 Å². The van der Waals surface area contributed by atoms with Gasteiger partial charge in [-0.2, -0.15) is 5.26 Å². The largest absolute Gasteiger partial charge is 0.474 e. The molecule has 0 unspecified atom stereocenters. The summed E-state index contributed by atoms with van der Waals surface area (Å²) in [5.41, 5.74) is 1.08. The Balaban J connectivity index is 2.22. The molecular weight excluding hydrogens is 350 g/mol. The second-order valence-electron chi connectivity index (χ2n) is 5.94. The summed E-state index contributed by atoms with van der Waals surface area (Å²) in [4.78, 5) is 8.85. The van der Waals surface area contributed by atoms with E-state index in [9.17, 15) is 13.7 Å². The molecule has 1 aromatic heterocycles. The maximum atomic E-state index is 13.0. The third kappa shape index (κ3) is 3.37. The SMILES string of the molecule is CC(C)Oc1nc2ccccc2nc1[C@H](C#N)S(=O)(=O)c1ccccc1. The van der Waals surface area contributed by atoms with Gasteiger partial charge in [-0.3, -0.25) is 0 Å². The van der Waals surface area contributed by atoms with Gasteiger partial charge >= 0.3 is 0 Å². The van der Waals surface area contributed by atoms with Gasteiger partial charge in [-0.25, -0.2) is 18.4 Å². The molecule has 3 aromatic rings. The lowest BCUT2D eigenvalue weighted by molar-refractivity contribution is 0.230. The predicted octanol–water partition coefficient (Wildman–Crippen LogP) is 3.46. The number of nitriles is 1. The van der Waals surface area contributed by atoms with Crippen LogP contribution in [0.15, 0.2) is 59.5 Å². The molecule has 132 valence electrons. The van der Waals surface area contributed by atoms with E-state index in [2.05, 4.69) is 9.97 Å². The van der Waals surface area contributed by atoms with Crippen molar-refractivity contribution < 1.29 is 13.2 Å². The topological polar surface area (TPSA) is 92.9 Å². The number of nitrogens with zero attached hydrogens (tertiary/aromatic N) is 3. The summed E-state index contributed by atoms with van der Waals surface area (Å²) in [5.74, 6) is 0.0600. The van der Waals surface area contributed by atoms with Crippen molar-refractivity contribution in [1.82, 2.24) is 9.97 Å². The van der Waals surface area contributed by atoms with Gasteiger partial charge in [0.2, 0.25) is 15.7 Å². The van der Waals surface area contributed by atoms with E-state index in [-0.39, 0.29) is 22.6 Å². The first kappa shape index (κ1) is 17.8. The lowest BCUT2D eigenvalue weighted by atomic mass is 10.2. The highest BCUT2D eigenvalue weighted by molar-refractivity contribution is 7.92. The van der Waals surface area contributed by atoms with Gasteiger partial charge < -0.3 is 4.74 Å². The number of sulfone groups is 1. The van der Waals surface area contributed by atoms with Crippen LogP contribution in [-0.4, -0.2) is 24.5 Å². The maximum Gasteiger partial charge on any atom is 0.239 e. The summed E-state index contributed by atoms with van der Waals surface area (Å²) < 4.78 is 31.7. The molecule has 0 spiro atoms. The normalized spacial score (nSPS) is 12.7. The molecule has 0 radical (unpaired) electrons. The minimum absolute atomic E-state index is 0.00348. The Bertz CT molecular complexity index is 1070. The number of rotatable bonds is 5. The van der Waals surface area contributed by atoms with Crippen LogP contribution in [-0.2, 0) is 9.84 Å². The molecule has 0 amide bonds. The summed E-state index contributed by atoms with van der Waals surface area (Å²) in [5, 5.41) is 8.14. The van der Waals surface area contributed by atoms with Crippen LogP contribution >= 0.6 is 0 Å². The van der Waals surface area contributed by atoms with Crippen LogP contribution in [0.25, 0.3) is 11.0 Å². The standard InChI is InChI=1S/C19H17N3O3S/c1-13(2)25-19-18(21-15-10-6-7-11-16(15)22-19)17(12-20)26(23,24)14-8-4-3-5-9-14/h3-11,13,17H,1-2H3/t17-/m0/s1. The summed E-state index contributed by atoms with van der Waals surface area (Å²) >= 11 is 0. The second kappa shape index (κ2) is 7.10. The zero-order valence-corrected chi connectivity index (χ0v) is 15.1. The number of hydrogen-bond donors (Lipinski definition) is 0. The number of aromatic nitrogens is 2. The lowest BCUT2D eigenvalue weighted by Gasteiger charge is -2.17. The molecule has 6 nitrogen and oxygen atoms in total. The smallest absolute Gasteiger partial charge is 0.239 e. The Morgan fingerprint density at radius 1 is 0.962 bits per heavy atom. The van der Waals surface area contributed by atoms with E-state index in [1.807, 2.05) is 6.07 Å². The van der Waals surface area contributed by atoms with E-state index in [1.165, 1.54) is 12.1 Å². The first-order chi connectivity index (χ1) is 12.4. The van der Waals surface area contributed by atoms with E-state index in [4.69, 9.17) is 4.74 Å². The zero-order valence-electron chi connectivity index (χ0n) is 14.3. The number of para-hydroxylation sites is 2. The van der Waals surface area contributed by atoms with Crippen molar-refractivity contribution >= 4 is 20.9 Å². The average molecular weight is 367 g/mol. The number of fused-ring (bicyclic) bond motifs is 1. The number of hydrogen-bond acceptors (Lipinski definition) is 6. The molecular formula is C19H17N3O3S. The fourth-order valence-corrected chi connectivity index (χ4v) is 3.90. The number of benzene rings is 2. The van der Waals surface area contributed by atoms with Gasteiger partial charge in [0, 0.05) is 0 Å². The van der Waals surface area contributed by atoms with Crippen molar-refractivity contribution in [1.29, 1.82) is 5.26 Å². The highest BCUT2D eigenvalue weighted by Crippen LogP contribution is 2.33. The Hall–Kier alpha value is -2.98. The molecule has 0 aliphatic rings. The second-order valence-corrected chi connectivity index (χ2v) is 7.97. The molecule has 26 heavy (non-hydrogen) atoms. The molecule has 0 aliphatic carbocycles. The third-order valence-corrected chi connectivity index (χ3v) is 5.54. The fraction of sp³-hybridized carbons (Fsp3) is 0.211. The molecule has 7 heteroatoms. The van der Waals surface area contributed by atoms with E-state index >= 15 is 0 Å². The van der Waals surface area contributed by atoms with E-state index in [1.54, 1.807) is 56.3 Å². The Kier molecular flexibility index (Phi) is 4.87. The van der Waals surface area contributed by atoms with Crippen LogP contribution < -0.4 is 4.74 Å². The van der Waals surface area contributed by atoms with Gasteiger partial charge in [0.05, 0.1) is 28.1 Å².